The zero-order chi connectivity index (χ0) is 14.7. The summed E-state index contributed by atoms with van der Waals surface area (Å²) in [6.45, 7) is 3.61. The molecule has 1 heterocycles. The van der Waals surface area contributed by atoms with E-state index in [1.807, 2.05) is 6.92 Å². The van der Waals surface area contributed by atoms with Crippen LogP contribution in [0.3, 0.4) is 0 Å². The first-order valence-corrected chi connectivity index (χ1v) is 6.73. The summed E-state index contributed by atoms with van der Waals surface area (Å²) in [7, 11) is 0. The molecule has 0 aliphatic rings. The number of amidine groups is 1. The number of oxime groups is 1. The number of halogens is 1. The van der Waals surface area contributed by atoms with Gasteiger partial charge in [-0.2, -0.15) is 0 Å². The highest BCUT2D eigenvalue weighted by molar-refractivity contribution is 7.99. The fourth-order valence-electron chi connectivity index (χ4n) is 1.88. The molecule has 0 aliphatic carbocycles. The Hall–Kier alpha value is -2.08. The lowest BCUT2D eigenvalue weighted by molar-refractivity contribution is 0.318. The topological polar surface area (TPSA) is 71.5 Å². The quantitative estimate of drug-likeness (QED) is 0.394. The van der Waals surface area contributed by atoms with Crippen molar-refractivity contribution in [2.24, 2.45) is 10.9 Å². The standard InChI is InChI=1S/C14H14FN3OS/c1-8-7-12(13(9(2)17-8)14(16)18-19)20-11-6-4-3-5-10(11)15/h3-7,19H,1-2H3,(H2,16,18). The van der Waals surface area contributed by atoms with E-state index >= 15 is 0 Å². The van der Waals surface area contributed by atoms with Gasteiger partial charge < -0.3 is 10.9 Å². The van der Waals surface area contributed by atoms with E-state index in [0.29, 0.717) is 21.0 Å². The monoisotopic (exact) mass is 291 g/mol. The van der Waals surface area contributed by atoms with Gasteiger partial charge in [-0.25, -0.2) is 4.39 Å². The van der Waals surface area contributed by atoms with E-state index in [-0.39, 0.29) is 11.7 Å². The Bertz CT molecular complexity index is 673. The maximum atomic E-state index is 13.7. The molecular formula is C14H14FN3OS. The van der Waals surface area contributed by atoms with Gasteiger partial charge in [0.15, 0.2) is 5.84 Å². The van der Waals surface area contributed by atoms with Crippen molar-refractivity contribution in [3.8, 4) is 0 Å². The molecule has 4 nitrogen and oxygen atoms in total. The number of rotatable bonds is 3. The third-order valence-electron chi connectivity index (χ3n) is 2.71. The van der Waals surface area contributed by atoms with Crippen LogP contribution in [-0.4, -0.2) is 16.0 Å². The SMILES string of the molecule is Cc1cc(Sc2ccccc2F)c(/C(N)=N/O)c(C)n1. The van der Waals surface area contributed by atoms with Crippen LogP contribution in [0.2, 0.25) is 0 Å². The Morgan fingerprint density at radius 1 is 1.30 bits per heavy atom. The van der Waals surface area contributed by atoms with Gasteiger partial charge in [-0.15, -0.1) is 0 Å². The van der Waals surface area contributed by atoms with Gasteiger partial charge in [0.25, 0.3) is 0 Å². The van der Waals surface area contributed by atoms with Crippen molar-refractivity contribution in [3.63, 3.8) is 0 Å². The highest BCUT2D eigenvalue weighted by atomic mass is 32.2. The summed E-state index contributed by atoms with van der Waals surface area (Å²) in [6, 6.07) is 8.26. The largest absolute Gasteiger partial charge is 0.409 e. The van der Waals surface area contributed by atoms with Crippen LogP contribution in [0.15, 0.2) is 45.3 Å². The smallest absolute Gasteiger partial charge is 0.173 e. The highest BCUT2D eigenvalue weighted by Crippen LogP contribution is 2.33. The van der Waals surface area contributed by atoms with Gasteiger partial charge in [-0.05, 0) is 32.0 Å². The van der Waals surface area contributed by atoms with E-state index in [1.54, 1.807) is 31.2 Å². The van der Waals surface area contributed by atoms with Crippen molar-refractivity contribution in [2.75, 3.05) is 0 Å². The van der Waals surface area contributed by atoms with Crippen molar-refractivity contribution >= 4 is 17.6 Å². The zero-order valence-corrected chi connectivity index (χ0v) is 11.9. The molecule has 0 saturated carbocycles. The van der Waals surface area contributed by atoms with Gasteiger partial charge in [-0.1, -0.05) is 29.1 Å². The van der Waals surface area contributed by atoms with Gasteiger partial charge >= 0.3 is 0 Å². The van der Waals surface area contributed by atoms with Crippen LogP contribution in [0, 0.1) is 19.7 Å². The molecule has 1 aromatic heterocycles. The van der Waals surface area contributed by atoms with Crippen LogP contribution in [0.1, 0.15) is 17.0 Å². The van der Waals surface area contributed by atoms with Crippen LogP contribution in [0.5, 0.6) is 0 Å². The molecule has 2 rings (SSSR count). The average Bonchev–Trinajstić information content (AvgIpc) is 2.40. The second-order valence-corrected chi connectivity index (χ2v) is 5.32. The Labute approximate surface area is 120 Å². The van der Waals surface area contributed by atoms with Crippen LogP contribution >= 0.6 is 11.8 Å². The molecule has 0 aliphatic heterocycles. The minimum absolute atomic E-state index is 0.0335. The molecule has 0 amide bonds. The molecular weight excluding hydrogens is 277 g/mol. The third-order valence-corrected chi connectivity index (χ3v) is 3.81. The van der Waals surface area contributed by atoms with Crippen LogP contribution in [0.4, 0.5) is 4.39 Å². The van der Waals surface area contributed by atoms with Gasteiger partial charge in [0.1, 0.15) is 5.82 Å². The first-order chi connectivity index (χ1) is 9.52. The predicted molar refractivity (Wildman–Crippen MR) is 76.7 cm³/mol. The van der Waals surface area contributed by atoms with Crippen molar-refractivity contribution in [1.29, 1.82) is 0 Å². The van der Waals surface area contributed by atoms with Crippen LogP contribution < -0.4 is 5.73 Å². The number of nitrogens with two attached hydrogens (primary N) is 1. The summed E-state index contributed by atoms with van der Waals surface area (Å²) in [5.41, 5.74) is 7.64. The maximum Gasteiger partial charge on any atom is 0.173 e. The first kappa shape index (κ1) is 14.3. The Morgan fingerprint density at radius 2 is 2.00 bits per heavy atom. The van der Waals surface area contributed by atoms with E-state index < -0.39 is 0 Å². The Balaban J connectivity index is 2.53. The summed E-state index contributed by atoms with van der Waals surface area (Å²) < 4.78 is 13.7. The van der Waals surface area contributed by atoms with Crippen LogP contribution in [-0.2, 0) is 0 Å². The lowest BCUT2D eigenvalue weighted by Gasteiger charge is -2.12. The number of hydrogen-bond donors (Lipinski definition) is 2. The normalized spacial score (nSPS) is 11.7. The Kier molecular flexibility index (Phi) is 4.24. The van der Waals surface area contributed by atoms with E-state index in [1.165, 1.54) is 17.8 Å². The summed E-state index contributed by atoms with van der Waals surface area (Å²) in [4.78, 5) is 5.47. The summed E-state index contributed by atoms with van der Waals surface area (Å²) in [6.07, 6.45) is 0. The third kappa shape index (κ3) is 2.91. The van der Waals surface area contributed by atoms with Gasteiger partial charge in [0.2, 0.25) is 0 Å². The molecule has 104 valence electrons. The summed E-state index contributed by atoms with van der Waals surface area (Å²) in [5, 5.41) is 11.9. The minimum Gasteiger partial charge on any atom is -0.409 e. The molecule has 0 saturated heterocycles. The molecule has 0 spiro atoms. The van der Waals surface area contributed by atoms with Gasteiger partial charge in [0, 0.05) is 21.2 Å². The van der Waals surface area contributed by atoms with Gasteiger partial charge in [0.05, 0.1) is 5.56 Å². The lowest BCUT2D eigenvalue weighted by Crippen LogP contribution is -2.17. The molecule has 2 aromatic rings. The average molecular weight is 291 g/mol. The molecule has 0 radical (unpaired) electrons. The molecule has 0 bridgehead atoms. The number of benzene rings is 1. The van der Waals surface area contributed by atoms with E-state index in [9.17, 15) is 4.39 Å². The van der Waals surface area contributed by atoms with Crippen molar-refractivity contribution in [2.45, 2.75) is 23.6 Å². The minimum atomic E-state index is -0.310. The van der Waals surface area contributed by atoms with Crippen molar-refractivity contribution < 1.29 is 9.60 Å². The van der Waals surface area contributed by atoms with E-state index in [0.717, 1.165) is 5.69 Å². The second-order valence-electron chi connectivity index (χ2n) is 4.24. The van der Waals surface area contributed by atoms with Crippen LogP contribution in [0.25, 0.3) is 0 Å². The molecule has 1 aromatic carbocycles. The molecule has 0 fully saturated rings. The summed E-state index contributed by atoms with van der Waals surface area (Å²) in [5.74, 6) is -0.344. The van der Waals surface area contributed by atoms with Crippen molar-refractivity contribution in [1.82, 2.24) is 4.98 Å². The Morgan fingerprint density at radius 3 is 2.65 bits per heavy atom. The fraction of sp³-hybridized carbons (Fsp3) is 0.143. The maximum absolute atomic E-state index is 13.7. The molecule has 0 unspecified atom stereocenters. The van der Waals surface area contributed by atoms with Crippen molar-refractivity contribution in [3.05, 3.63) is 53.1 Å². The number of aryl methyl sites for hydroxylation is 2. The molecule has 0 atom stereocenters. The number of aromatic nitrogens is 1. The zero-order valence-electron chi connectivity index (χ0n) is 11.1. The van der Waals surface area contributed by atoms with E-state index in [4.69, 9.17) is 10.9 Å². The second kappa shape index (κ2) is 5.92. The fourth-order valence-corrected chi connectivity index (χ4v) is 3.01. The number of pyridine rings is 1. The molecule has 20 heavy (non-hydrogen) atoms. The highest BCUT2D eigenvalue weighted by Gasteiger charge is 2.15. The number of nitrogens with zero attached hydrogens (tertiary/aromatic N) is 2. The molecule has 6 heteroatoms. The molecule has 3 N–H and O–H groups in total. The number of hydrogen-bond acceptors (Lipinski definition) is 4. The summed E-state index contributed by atoms with van der Waals surface area (Å²) >= 11 is 1.23. The lowest BCUT2D eigenvalue weighted by atomic mass is 10.1. The first-order valence-electron chi connectivity index (χ1n) is 5.91. The van der Waals surface area contributed by atoms with E-state index in [2.05, 4.69) is 10.1 Å². The predicted octanol–water partition coefficient (Wildman–Crippen LogP) is 3.08. The van der Waals surface area contributed by atoms with Gasteiger partial charge in [-0.3, -0.25) is 4.98 Å².